The van der Waals surface area contributed by atoms with Crippen LogP contribution in [0.2, 0.25) is 0 Å². The van der Waals surface area contributed by atoms with E-state index in [1.807, 2.05) is 0 Å². The first-order valence-corrected chi connectivity index (χ1v) is 7.36. The minimum Gasteiger partial charge on any atom is -1.00 e. The lowest BCUT2D eigenvalue weighted by Crippen LogP contribution is -3.00. The fourth-order valence-electron chi connectivity index (χ4n) is 2.07. The summed E-state index contributed by atoms with van der Waals surface area (Å²) < 4.78 is 1.12. The second kappa shape index (κ2) is 19.4. The van der Waals surface area contributed by atoms with Gasteiger partial charge in [0.05, 0.1) is 27.7 Å². The molecule has 0 aliphatic carbocycles. The summed E-state index contributed by atoms with van der Waals surface area (Å²) in [5.41, 5.74) is 0. The van der Waals surface area contributed by atoms with Gasteiger partial charge in [0.2, 0.25) is 0 Å². The Hall–Kier alpha value is 1.40. The average molecular weight is 470 g/mol. The first-order valence-electron chi connectivity index (χ1n) is 7.36. The Labute approximate surface area is 153 Å². The molecule has 0 bridgehead atoms. The van der Waals surface area contributed by atoms with E-state index in [2.05, 4.69) is 28.1 Å². The maximum atomic E-state index is 2.29. The van der Waals surface area contributed by atoms with Crippen LogP contribution >= 0.6 is 34.0 Å². The van der Waals surface area contributed by atoms with E-state index in [1.165, 1.54) is 70.8 Å². The summed E-state index contributed by atoms with van der Waals surface area (Å²) in [6.45, 7) is 3.62. The lowest BCUT2D eigenvalue weighted by Gasteiger charge is -2.23. The van der Waals surface area contributed by atoms with Gasteiger partial charge in [0.1, 0.15) is 0 Å². The van der Waals surface area contributed by atoms with Gasteiger partial charge in [-0.2, -0.15) is 0 Å². The smallest absolute Gasteiger partial charge is 0.0780 e. The standard InChI is InChI=1S/C15H34N.3BrH/c1-5-6-7-8-9-10-11-12-13-14-15-16(2,3)4;;;/h5-15H2,1-4H3;3*1H/q+1;;;/p-1. The highest BCUT2D eigenvalue weighted by molar-refractivity contribution is 8.93. The van der Waals surface area contributed by atoms with Gasteiger partial charge in [-0.05, 0) is 12.8 Å². The van der Waals surface area contributed by atoms with Crippen molar-refractivity contribution in [3.05, 3.63) is 0 Å². The number of hydrogen-bond donors (Lipinski definition) is 0. The first kappa shape index (κ1) is 28.5. The molecule has 0 saturated heterocycles. The molecule has 0 spiro atoms. The quantitative estimate of drug-likeness (QED) is 0.322. The zero-order valence-electron chi connectivity index (χ0n) is 13.4. The Bertz CT molecular complexity index is 147. The second-order valence-electron chi connectivity index (χ2n) is 6.20. The van der Waals surface area contributed by atoms with Crippen molar-refractivity contribution >= 4 is 34.0 Å². The van der Waals surface area contributed by atoms with Crippen LogP contribution in [-0.4, -0.2) is 32.2 Å². The van der Waals surface area contributed by atoms with Gasteiger partial charge in [-0.1, -0.05) is 58.3 Å². The predicted octanol–water partition coefficient (Wildman–Crippen LogP) is 2.77. The van der Waals surface area contributed by atoms with Crippen molar-refractivity contribution in [3.63, 3.8) is 0 Å². The van der Waals surface area contributed by atoms with Crippen LogP contribution in [0, 0.1) is 0 Å². The largest absolute Gasteiger partial charge is 1.00 e. The van der Waals surface area contributed by atoms with E-state index >= 15 is 0 Å². The van der Waals surface area contributed by atoms with E-state index < -0.39 is 0 Å². The molecule has 0 saturated carbocycles. The maximum absolute atomic E-state index is 2.29. The summed E-state index contributed by atoms with van der Waals surface area (Å²) in [6.07, 6.45) is 14.4. The normalized spacial score (nSPS) is 10.1. The van der Waals surface area contributed by atoms with Gasteiger partial charge in [0, 0.05) is 0 Å². The molecule has 1 nitrogen and oxygen atoms in total. The van der Waals surface area contributed by atoms with Gasteiger partial charge in [0.25, 0.3) is 0 Å². The Morgan fingerprint density at radius 2 is 0.895 bits per heavy atom. The number of halogens is 3. The minimum atomic E-state index is 0. The lowest BCUT2D eigenvalue weighted by atomic mass is 10.1. The molecule has 0 radical (unpaired) electrons. The zero-order chi connectivity index (χ0) is 12.3. The Morgan fingerprint density at radius 3 is 1.21 bits per heavy atom. The van der Waals surface area contributed by atoms with Gasteiger partial charge >= 0.3 is 0 Å². The topological polar surface area (TPSA) is 0 Å². The molecule has 0 aromatic heterocycles. The van der Waals surface area contributed by atoms with E-state index in [0.717, 1.165) is 4.48 Å². The van der Waals surface area contributed by atoms with Crippen LogP contribution in [0.5, 0.6) is 0 Å². The monoisotopic (exact) mass is 467 g/mol. The van der Waals surface area contributed by atoms with E-state index in [0.29, 0.717) is 0 Å². The average Bonchev–Trinajstić information content (AvgIpc) is 2.19. The van der Waals surface area contributed by atoms with Crippen LogP contribution in [0.25, 0.3) is 0 Å². The second-order valence-corrected chi connectivity index (χ2v) is 6.20. The highest BCUT2D eigenvalue weighted by Crippen LogP contribution is 2.10. The SMILES string of the molecule is Br.Br.CCCCCCCCCCCC[N+](C)(C)C.[Br-]. The summed E-state index contributed by atoms with van der Waals surface area (Å²) in [4.78, 5) is 0. The molecule has 19 heavy (non-hydrogen) atoms. The number of hydrogen-bond acceptors (Lipinski definition) is 0. The maximum Gasteiger partial charge on any atom is 0.0780 e. The molecular weight excluding hydrogens is 434 g/mol. The summed E-state index contributed by atoms with van der Waals surface area (Å²) in [6, 6.07) is 0. The van der Waals surface area contributed by atoms with Crippen molar-refractivity contribution in [2.24, 2.45) is 0 Å². The van der Waals surface area contributed by atoms with Crippen LogP contribution in [0.4, 0.5) is 0 Å². The first-order chi connectivity index (χ1) is 7.56. The fraction of sp³-hybridized carbons (Fsp3) is 1.00. The predicted molar refractivity (Wildman–Crippen MR) is 95.4 cm³/mol. The molecule has 0 aromatic carbocycles. The highest BCUT2D eigenvalue weighted by Gasteiger charge is 2.04. The number of quaternary nitrogens is 1. The van der Waals surface area contributed by atoms with E-state index in [1.54, 1.807) is 0 Å². The van der Waals surface area contributed by atoms with Crippen molar-refractivity contribution in [2.75, 3.05) is 27.7 Å². The summed E-state index contributed by atoms with van der Waals surface area (Å²) in [5.74, 6) is 0. The van der Waals surface area contributed by atoms with Crippen molar-refractivity contribution in [2.45, 2.75) is 71.1 Å². The third kappa shape index (κ3) is 28.3. The van der Waals surface area contributed by atoms with Gasteiger partial charge in [-0.25, -0.2) is 0 Å². The van der Waals surface area contributed by atoms with Crippen molar-refractivity contribution in [1.82, 2.24) is 0 Å². The summed E-state index contributed by atoms with van der Waals surface area (Å²) >= 11 is 0. The molecule has 0 heterocycles. The molecule has 0 amide bonds. The molecule has 0 aromatic rings. The van der Waals surface area contributed by atoms with Crippen LogP contribution in [0.15, 0.2) is 0 Å². The molecule has 0 aliphatic rings. The molecule has 0 fully saturated rings. The van der Waals surface area contributed by atoms with Gasteiger partial charge in [-0.3, -0.25) is 0 Å². The zero-order valence-corrected chi connectivity index (χ0v) is 18.4. The lowest BCUT2D eigenvalue weighted by molar-refractivity contribution is -0.870. The van der Waals surface area contributed by atoms with Crippen LogP contribution < -0.4 is 17.0 Å². The molecule has 0 N–H and O–H groups in total. The third-order valence-electron chi connectivity index (χ3n) is 3.18. The Morgan fingerprint density at radius 1 is 0.579 bits per heavy atom. The molecule has 0 atom stereocenters. The molecule has 0 rings (SSSR count). The highest BCUT2D eigenvalue weighted by atomic mass is 79.9. The molecule has 0 unspecified atom stereocenters. The Balaban J connectivity index is -0.000000375. The van der Waals surface area contributed by atoms with Gasteiger partial charge < -0.3 is 21.5 Å². The summed E-state index contributed by atoms with van der Waals surface area (Å²) in [7, 11) is 6.86. The van der Waals surface area contributed by atoms with Crippen LogP contribution in [0.1, 0.15) is 71.1 Å². The minimum absolute atomic E-state index is 0. The van der Waals surface area contributed by atoms with Crippen molar-refractivity contribution in [1.29, 1.82) is 0 Å². The van der Waals surface area contributed by atoms with Gasteiger partial charge in [0.15, 0.2) is 0 Å². The molecule has 0 aliphatic heterocycles. The van der Waals surface area contributed by atoms with Crippen molar-refractivity contribution < 1.29 is 21.5 Å². The van der Waals surface area contributed by atoms with Crippen LogP contribution in [-0.2, 0) is 0 Å². The molecule has 122 valence electrons. The fourth-order valence-corrected chi connectivity index (χ4v) is 2.07. The summed E-state index contributed by atoms with van der Waals surface area (Å²) in [5, 5.41) is 0. The van der Waals surface area contributed by atoms with E-state index in [4.69, 9.17) is 0 Å². The van der Waals surface area contributed by atoms with Crippen LogP contribution in [0.3, 0.4) is 0 Å². The van der Waals surface area contributed by atoms with E-state index in [-0.39, 0.29) is 50.9 Å². The molecule has 4 heteroatoms. The third-order valence-corrected chi connectivity index (χ3v) is 3.18. The number of nitrogens with zero attached hydrogens (tertiary/aromatic N) is 1. The van der Waals surface area contributed by atoms with Gasteiger partial charge in [-0.15, -0.1) is 34.0 Å². The number of rotatable bonds is 11. The molecular formula is C15H36Br3N. The number of unbranched alkanes of at least 4 members (excludes halogenated alkanes) is 9. The van der Waals surface area contributed by atoms with E-state index in [9.17, 15) is 0 Å². The Kier molecular flexibility index (Phi) is 29.1. The van der Waals surface area contributed by atoms with Crippen molar-refractivity contribution in [3.8, 4) is 0 Å².